The van der Waals surface area contributed by atoms with Crippen molar-refractivity contribution < 1.29 is 14.5 Å². The number of amides is 2. The molecule has 1 aliphatic carbocycles. The van der Waals surface area contributed by atoms with Gasteiger partial charge in [0.15, 0.2) is 0 Å². The zero-order chi connectivity index (χ0) is 18.8. The third kappa shape index (κ3) is 3.32. The van der Waals surface area contributed by atoms with Crippen LogP contribution in [-0.4, -0.2) is 16.7 Å². The molecule has 2 aromatic rings. The molecule has 136 valence electrons. The van der Waals surface area contributed by atoms with Gasteiger partial charge in [0.2, 0.25) is 0 Å². The number of benzene rings is 1. The number of carbonyl (C=O) groups excluding carboxylic acids is 2. The molecule has 1 heterocycles. The van der Waals surface area contributed by atoms with Crippen LogP contribution in [0.25, 0.3) is 0 Å². The molecule has 1 atom stereocenters. The number of hydrogen-bond acceptors (Lipinski definition) is 5. The second kappa shape index (κ2) is 7.25. The van der Waals surface area contributed by atoms with Crippen LogP contribution in [0.5, 0.6) is 0 Å². The number of anilines is 1. The summed E-state index contributed by atoms with van der Waals surface area (Å²) in [6.45, 7) is 2.13. The quantitative estimate of drug-likeness (QED) is 0.616. The summed E-state index contributed by atoms with van der Waals surface area (Å²) in [6, 6.07) is 5.72. The molecule has 0 saturated heterocycles. The topological polar surface area (TPSA) is 115 Å². The Kier molecular flexibility index (Phi) is 5.03. The number of hydrogen-bond donors (Lipinski definition) is 2. The minimum Gasteiger partial charge on any atom is -0.365 e. The fourth-order valence-corrected chi connectivity index (χ4v) is 4.71. The molecule has 1 unspecified atom stereocenters. The highest BCUT2D eigenvalue weighted by molar-refractivity contribution is 7.17. The van der Waals surface area contributed by atoms with Crippen LogP contribution in [0.1, 0.15) is 50.9 Å². The Bertz CT molecular complexity index is 891. The van der Waals surface area contributed by atoms with Crippen molar-refractivity contribution in [1.29, 1.82) is 0 Å². The van der Waals surface area contributed by atoms with E-state index in [-0.39, 0.29) is 11.3 Å². The number of nitro benzene ring substituents is 1. The first-order valence-corrected chi connectivity index (χ1v) is 9.23. The standard InChI is InChI=1S/C18H19N3O4S/c1-2-10-7-8-12-14(9-10)26-18(15(12)16(19)22)20-17(23)11-5-3-4-6-13(11)21(24)25/h3-6,10H,2,7-9H2,1H3,(H2,19,22)(H,20,23). The molecule has 3 rings (SSSR count). The van der Waals surface area contributed by atoms with Crippen molar-refractivity contribution in [3.63, 3.8) is 0 Å². The Hall–Kier alpha value is -2.74. The number of rotatable bonds is 5. The number of nitrogens with one attached hydrogen (secondary N) is 1. The van der Waals surface area contributed by atoms with Gasteiger partial charge >= 0.3 is 0 Å². The maximum absolute atomic E-state index is 12.6. The Morgan fingerprint density at radius 2 is 2.12 bits per heavy atom. The molecule has 2 amide bonds. The predicted octanol–water partition coefficient (Wildman–Crippen LogP) is 3.52. The molecule has 0 fully saturated rings. The first kappa shape index (κ1) is 18.1. The summed E-state index contributed by atoms with van der Waals surface area (Å²) >= 11 is 1.34. The number of carbonyl (C=O) groups is 2. The van der Waals surface area contributed by atoms with Gasteiger partial charge in [-0.2, -0.15) is 0 Å². The fraction of sp³-hybridized carbons (Fsp3) is 0.333. The van der Waals surface area contributed by atoms with Gasteiger partial charge in [-0.1, -0.05) is 25.5 Å². The highest BCUT2D eigenvalue weighted by atomic mass is 32.1. The summed E-state index contributed by atoms with van der Waals surface area (Å²) in [5.74, 6) is -0.651. The van der Waals surface area contributed by atoms with Crippen molar-refractivity contribution in [1.82, 2.24) is 0 Å². The van der Waals surface area contributed by atoms with Crippen LogP contribution in [0.3, 0.4) is 0 Å². The molecule has 0 radical (unpaired) electrons. The number of nitro groups is 1. The van der Waals surface area contributed by atoms with E-state index in [1.54, 1.807) is 6.07 Å². The van der Waals surface area contributed by atoms with Gasteiger partial charge in [-0.15, -0.1) is 11.3 Å². The molecule has 0 bridgehead atoms. The summed E-state index contributed by atoms with van der Waals surface area (Å²) in [5, 5.41) is 14.2. The zero-order valence-electron chi connectivity index (χ0n) is 14.3. The summed E-state index contributed by atoms with van der Waals surface area (Å²) in [4.78, 5) is 36.2. The lowest BCUT2D eigenvalue weighted by Crippen LogP contribution is -2.20. The smallest absolute Gasteiger partial charge is 0.282 e. The summed E-state index contributed by atoms with van der Waals surface area (Å²) in [6.07, 6.45) is 3.65. The average Bonchev–Trinajstić information content (AvgIpc) is 2.98. The number of nitrogens with two attached hydrogens (primary N) is 1. The number of primary amides is 1. The van der Waals surface area contributed by atoms with E-state index in [0.717, 1.165) is 36.1 Å². The monoisotopic (exact) mass is 373 g/mol. The van der Waals surface area contributed by atoms with Crippen molar-refractivity contribution in [2.24, 2.45) is 11.7 Å². The van der Waals surface area contributed by atoms with E-state index in [1.165, 1.54) is 29.5 Å². The maximum atomic E-state index is 12.6. The Morgan fingerprint density at radius 1 is 1.38 bits per heavy atom. The highest BCUT2D eigenvalue weighted by Crippen LogP contribution is 2.40. The van der Waals surface area contributed by atoms with Crippen molar-refractivity contribution in [3.8, 4) is 0 Å². The van der Waals surface area contributed by atoms with E-state index in [9.17, 15) is 19.7 Å². The van der Waals surface area contributed by atoms with Crippen LogP contribution >= 0.6 is 11.3 Å². The van der Waals surface area contributed by atoms with E-state index in [1.807, 2.05) is 0 Å². The lowest BCUT2D eigenvalue weighted by molar-refractivity contribution is -0.385. The van der Waals surface area contributed by atoms with E-state index >= 15 is 0 Å². The van der Waals surface area contributed by atoms with E-state index in [2.05, 4.69) is 12.2 Å². The molecule has 8 heteroatoms. The zero-order valence-corrected chi connectivity index (χ0v) is 15.1. The number of para-hydroxylation sites is 1. The van der Waals surface area contributed by atoms with Crippen molar-refractivity contribution in [2.75, 3.05) is 5.32 Å². The van der Waals surface area contributed by atoms with Gasteiger partial charge in [0, 0.05) is 10.9 Å². The lowest BCUT2D eigenvalue weighted by atomic mass is 9.85. The van der Waals surface area contributed by atoms with Gasteiger partial charge in [-0.05, 0) is 36.8 Å². The fourth-order valence-electron chi connectivity index (χ4n) is 3.35. The molecule has 3 N–H and O–H groups in total. The third-order valence-corrected chi connectivity index (χ3v) is 5.93. The van der Waals surface area contributed by atoms with Gasteiger partial charge in [-0.3, -0.25) is 19.7 Å². The van der Waals surface area contributed by atoms with Crippen LogP contribution in [0.4, 0.5) is 10.7 Å². The van der Waals surface area contributed by atoms with Gasteiger partial charge < -0.3 is 11.1 Å². The molecule has 0 spiro atoms. The normalized spacial score (nSPS) is 16.0. The molecule has 1 aromatic heterocycles. The van der Waals surface area contributed by atoms with Gasteiger partial charge in [0.25, 0.3) is 17.5 Å². The molecular formula is C18H19N3O4S. The molecular weight excluding hydrogens is 354 g/mol. The molecule has 0 aliphatic heterocycles. The second-order valence-electron chi connectivity index (χ2n) is 6.32. The SMILES string of the molecule is CCC1CCc2c(sc(NC(=O)c3ccccc3[N+](=O)[O-])c2C(N)=O)C1. The first-order valence-electron chi connectivity index (χ1n) is 8.41. The minimum absolute atomic E-state index is 0.0503. The average molecular weight is 373 g/mol. The Balaban J connectivity index is 1.96. The van der Waals surface area contributed by atoms with Gasteiger partial charge in [-0.25, -0.2) is 0 Å². The van der Waals surface area contributed by atoms with E-state index in [0.29, 0.717) is 16.5 Å². The number of thiophene rings is 1. The first-order chi connectivity index (χ1) is 12.4. The van der Waals surface area contributed by atoms with E-state index < -0.39 is 16.7 Å². The van der Waals surface area contributed by atoms with Crippen LogP contribution in [0.2, 0.25) is 0 Å². The van der Waals surface area contributed by atoms with Gasteiger partial charge in [0.1, 0.15) is 10.6 Å². The second-order valence-corrected chi connectivity index (χ2v) is 7.42. The molecule has 1 aromatic carbocycles. The molecule has 26 heavy (non-hydrogen) atoms. The van der Waals surface area contributed by atoms with Crippen LogP contribution in [0, 0.1) is 16.0 Å². The van der Waals surface area contributed by atoms with Gasteiger partial charge in [0.05, 0.1) is 10.5 Å². The third-order valence-electron chi connectivity index (χ3n) is 4.76. The maximum Gasteiger partial charge on any atom is 0.282 e. The largest absolute Gasteiger partial charge is 0.365 e. The van der Waals surface area contributed by atoms with Crippen molar-refractivity contribution in [2.45, 2.75) is 32.6 Å². The van der Waals surface area contributed by atoms with Crippen molar-refractivity contribution >= 4 is 33.8 Å². The number of nitrogens with zero attached hydrogens (tertiary/aromatic N) is 1. The lowest BCUT2D eigenvalue weighted by Gasteiger charge is -2.20. The van der Waals surface area contributed by atoms with Crippen LogP contribution in [0.15, 0.2) is 24.3 Å². The number of fused-ring (bicyclic) bond motifs is 1. The molecule has 1 aliphatic rings. The Morgan fingerprint density at radius 3 is 2.77 bits per heavy atom. The summed E-state index contributed by atoms with van der Waals surface area (Å²) in [5.41, 5.74) is 6.47. The Labute approximate surface area is 154 Å². The summed E-state index contributed by atoms with van der Waals surface area (Å²) in [7, 11) is 0. The molecule has 0 saturated carbocycles. The minimum atomic E-state index is -0.620. The van der Waals surface area contributed by atoms with Crippen LogP contribution in [-0.2, 0) is 12.8 Å². The summed E-state index contributed by atoms with van der Waals surface area (Å²) < 4.78 is 0. The van der Waals surface area contributed by atoms with E-state index in [4.69, 9.17) is 5.73 Å². The molecule has 7 nitrogen and oxygen atoms in total. The van der Waals surface area contributed by atoms with Crippen molar-refractivity contribution in [3.05, 3.63) is 55.9 Å². The van der Waals surface area contributed by atoms with Crippen LogP contribution < -0.4 is 11.1 Å². The predicted molar refractivity (Wildman–Crippen MR) is 99.7 cm³/mol. The highest BCUT2D eigenvalue weighted by Gasteiger charge is 2.29.